The lowest BCUT2D eigenvalue weighted by Crippen LogP contribution is -2.32. The average molecular weight is 259 g/mol. The molecule has 1 aromatic rings. The van der Waals surface area contributed by atoms with Gasteiger partial charge in [0, 0.05) is 12.8 Å². The second-order valence-corrected chi connectivity index (χ2v) is 4.85. The van der Waals surface area contributed by atoms with Gasteiger partial charge in [-0.05, 0) is 17.9 Å². The lowest BCUT2D eigenvalue weighted by molar-refractivity contribution is -0.198. The van der Waals surface area contributed by atoms with E-state index in [9.17, 15) is 14.4 Å². The van der Waals surface area contributed by atoms with E-state index in [4.69, 9.17) is 4.84 Å². The fraction of sp³-hybridized carbons (Fsp3) is 0.357. The van der Waals surface area contributed by atoms with Gasteiger partial charge in [-0.1, -0.05) is 30.3 Å². The van der Waals surface area contributed by atoms with Crippen molar-refractivity contribution in [1.29, 1.82) is 0 Å². The minimum absolute atomic E-state index is 0.124. The highest BCUT2D eigenvalue weighted by Crippen LogP contribution is 2.48. The zero-order chi connectivity index (χ0) is 13.4. The van der Waals surface area contributed by atoms with Crippen LogP contribution in [0.5, 0.6) is 0 Å². The largest absolute Gasteiger partial charge is 0.336 e. The molecule has 1 aromatic carbocycles. The number of amides is 2. The normalized spacial score (nSPS) is 25.6. The van der Waals surface area contributed by atoms with Gasteiger partial charge in [-0.2, -0.15) is 0 Å². The molecule has 2 aliphatic rings. The fourth-order valence-electron chi connectivity index (χ4n) is 2.34. The molecule has 19 heavy (non-hydrogen) atoms. The number of nitrogens with zero attached hydrogens (tertiary/aromatic N) is 1. The Balaban J connectivity index is 1.61. The molecule has 0 radical (unpaired) electrons. The van der Waals surface area contributed by atoms with E-state index in [1.54, 1.807) is 0 Å². The van der Waals surface area contributed by atoms with E-state index >= 15 is 0 Å². The Labute approximate surface area is 110 Å². The van der Waals surface area contributed by atoms with Gasteiger partial charge < -0.3 is 4.84 Å². The average Bonchev–Trinajstić information content (AvgIpc) is 3.17. The highest BCUT2D eigenvalue weighted by atomic mass is 16.7. The Hall–Kier alpha value is -2.17. The lowest BCUT2D eigenvalue weighted by Gasteiger charge is -2.12. The van der Waals surface area contributed by atoms with E-state index in [-0.39, 0.29) is 24.7 Å². The molecule has 98 valence electrons. The van der Waals surface area contributed by atoms with Crippen LogP contribution >= 0.6 is 0 Å². The summed E-state index contributed by atoms with van der Waals surface area (Å²) in [5.41, 5.74) is 1.09. The standard InChI is InChI=1S/C14H13NO4/c16-12-6-7-13(17)15(12)19-14(18)11-8-10(11)9-4-2-1-3-5-9/h1-5,10-11H,6-8H2/t10-,11+/m1/s1. The molecule has 2 fully saturated rings. The Bertz CT molecular complexity index is 524. The van der Waals surface area contributed by atoms with Crippen molar-refractivity contribution in [2.45, 2.75) is 25.2 Å². The molecule has 1 aliphatic carbocycles. The first-order chi connectivity index (χ1) is 9.16. The summed E-state index contributed by atoms with van der Waals surface area (Å²) >= 11 is 0. The summed E-state index contributed by atoms with van der Waals surface area (Å²) in [7, 11) is 0. The summed E-state index contributed by atoms with van der Waals surface area (Å²) in [6.45, 7) is 0. The SMILES string of the molecule is O=C(ON1C(=O)CCC1=O)[C@H]1C[C@@H]1c1ccccc1. The highest BCUT2D eigenvalue weighted by Gasteiger charge is 2.47. The van der Waals surface area contributed by atoms with Crippen LogP contribution in [-0.2, 0) is 19.2 Å². The molecular formula is C14H13NO4. The molecule has 1 heterocycles. The third-order valence-corrected chi connectivity index (χ3v) is 3.51. The number of benzene rings is 1. The molecular weight excluding hydrogens is 246 g/mol. The Kier molecular flexibility index (Phi) is 2.81. The van der Waals surface area contributed by atoms with Gasteiger partial charge in [-0.15, -0.1) is 5.06 Å². The monoisotopic (exact) mass is 259 g/mol. The predicted octanol–water partition coefficient (Wildman–Crippen LogP) is 1.40. The summed E-state index contributed by atoms with van der Waals surface area (Å²) < 4.78 is 0. The van der Waals surface area contributed by atoms with Crippen LogP contribution in [0.2, 0.25) is 0 Å². The zero-order valence-corrected chi connectivity index (χ0v) is 10.2. The van der Waals surface area contributed by atoms with E-state index in [0.717, 1.165) is 5.56 Å². The van der Waals surface area contributed by atoms with Gasteiger partial charge in [0.25, 0.3) is 11.8 Å². The smallest absolute Gasteiger partial charge is 0.330 e. The number of imide groups is 1. The molecule has 2 amide bonds. The van der Waals surface area contributed by atoms with Crippen LogP contribution in [0.3, 0.4) is 0 Å². The molecule has 5 nitrogen and oxygen atoms in total. The summed E-state index contributed by atoms with van der Waals surface area (Å²) in [4.78, 5) is 39.5. The molecule has 2 atom stereocenters. The maximum absolute atomic E-state index is 11.9. The molecule has 0 aromatic heterocycles. The molecule has 1 aliphatic heterocycles. The Morgan fingerprint density at radius 2 is 1.74 bits per heavy atom. The molecule has 3 rings (SSSR count). The zero-order valence-electron chi connectivity index (χ0n) is 10.2. The first kappa shape index (κ1) is 11.9. The molecule has 0 unspecified atom stereocenters. The third kappa shape index (κ3) is 2.23. The van der Waals surface area contributed by atoms with Gasteiger partial charge in [0.15, 0.2) is 0 Å². The Morgan fingerprint density at radius 1 is 1.11 bits per heavy atom. The van der Waals surface area contributed by atoms with Crippen LogP contribution in [0.15, 0.2) is 30.3 Å². The van der Waals surface area contributed by atoms with E-state index in [1.807, 2.05) is 30.3 Å². The molecule has 1 saturated heterocycles. The van der Waals surface area contributed by atoms with Crippen molar-refractivity contribution in [3.63, 3.8) is 0 Å². The van der Waals surface area contributed by atoms with Crippen LogP contribution < -0.4 is 0 Å². The minimum Gasteiger partial charge on any atom is -0.330 e. The van der Waals surface area contributed by atoms with E-state index in [1.165, 1.54) is 0 Å². The van der Waals surface area contributed by atoms with Gasteiger partial charge in [0.2, 0.25) is 0 Å². The lowest BCUT2D eigenvalue weighted by atomic mass is 10.1. The van der Waals surface area contributed by atoms with Crippen LogP contribution in [0.1, 0.15) is 30.7 Å². The molecule has 0 spiro atoms. The van der Waals surface area contributed by atoms with Gasteiger partial charge in [0.05, 0.1) is 5.92 Å². The van der Waals surface area contributed by atoms with Crippen LogP contribution in [0.4, 0.5) is 0 Å². The highest BCUT2D eigenvalue weighted by molar-refractivity contribution is 6.01. The van der Waals surface area contributed by atoms with Gasteiger partial charge >= 0.3 is 5.97 Å². The van der Waals surface area contributed by atoms with Crippen molar-refractivity contribution in [3.05, 3.63) is 35.9 Å². The van der Waals surface area contributed by atoms with Crippen molar-refractivity contribution in [1.82, 2.24) is 5.06 Å². The van der Waals surface area contributed by atoms with E-state index in [0.29, 0.717) is 11.5 Å². The maximum atomic E-state index is 11.9. The molecule has 1 saturated carbocycles. The van der Waals surface area contributed by atoms with E-state index in [2.05, 4.69) is 0 Å². The van der Waals surface area contributed by atoms with E-state index < -0.39 is 17.8 Å². The van der Waals surface area contributed by atoms with Crippen LogP contribution in [-0.4, -0.2) is 22.8 Å². The first-order valence-electron chi connectivity index (χ1n) is 6.29. The molecule has 5 heteroatoms. The number of hydroxylamine groups is 2. The van der Waals surface area contributed by atoms with Crippen molar-refractivity contribution in [3.8, 4) is 0 Å². The van der Waals surface area contributed by atoms with Gasteiger partial charge in [-0.3, -0.25) is 9.59 Å². The predicted molar refractivity (Wildman–Crippen MR) is 64.5 cm³/mol. The number of hydrogen-bond acceptors (Lipinski definition) is 4. The second kappa shape index (κ2) is 4.50. The van der Waals surface area contributed by atoms with Gasteiger partial charge in [-0.25, -0.2) is 4.79 Å². The van der Waals surface area contributed by atoms with Crippen LogP contribution in [0.25, 0.3) is 0 Å². The number of carbonyl (C=O) groups excluding carboxylic acids is 3. The van der Waals surface area contributed by atoms with Crippen molar-refractivity contribution < 1.29 is 19.2 Å². The quantitative estimate of drug-likeness (QED) is 0.770. The topological polar surface area (TPSA) is 63.7 Å². The van der Waals surface area contributed by atoms with Crippen molar-refractivity contribution in [2.24, 2.45) is 5.92 Å². The third-order valence-electron chi connectivity index (χ3n) is 3.51. The second-order valence-electron chi connectivity index (χ2n) is 4.85. The first-order valence-corrected chi connectivity index (χ1v) is 6.29. The van der Waals surface area contributed by atoms with Crippen molar-refractivity contribution >= 4 is 17.8 Å². The maximum Gasteiger partial charge on any atom is 0.336 e. The summed E-state index contributed by atoms with van der Waals surface area (Å²) in [6, 6.07) is 9.68. The minimum atomic E-state index is -0.488. The molecule has 0 N–H and O–H groups in total. The van der Waals surface area contributed by atoms with Crippen molar-refractivity contribution in [2.75, 3.05) is 0 Å². The number of hydrogen-bond donors (Lipinski definition) is 0. The number of carbonyl (C=O) groups is 3. The fourth-order valence-corrected chi connectivity index (χ4v) is 2.34. The molecule has 0 bridgehead atoms. The number of rotatable bonds is 3. The van der Waals surface area contributed by atoms with Gasteiger partial charge in [0.1, 0.15) is 0 Å². The summed E-state index contributed by atoms with van der Waals surface area (Å²) in [6.07, 6.45) is 0.955. The van der Waals surface area contributed by atoms with Crippen LogP contribution in [0, 0.1) is 5.92 Å². The Morgan fingerprint density at radius 3 is 2.37 bits per heavy atom. The summed E-state index contributed by atoms with van der Waals surface area (Å²) in [5.74, 6) is -1.46. The summed E-state index contributed by atoms with van der Waals surface area (Å²) in [5, 5.41) is 0.614.